The minimum Gasteiger partial charge on any atom is -0.456 e. The summed E-state index contributed by atoms with van der Waals surface area (Å²) in [6, 6.07) is 8.18. The Morgan fingerprint density at radius 3 is 2.93 bits per heavy atom. The molecular formula is C13H13NO. The maximum absolute atomic E-state index is 5.87. The molecule has 0 aliphatic heterocycles. The van der Waals surface area contributed by atoms with Crippen molar-refractivity contribution in [3.8, 4) is 0 Å². The van der Waals surface area contributed by atoms with Crippen LogP contribution in [0.15, 0.2) is 34.4 Å². The van der Waals surface area contributed by atoms with Crippen molar-refractivity contribution < 1.29 is 4.42 Å². The Morgan fingerprint density at radius 2 is 2.00 bits per heavy atom. The topological polar surface area (TPSA) is 39.2 Å². The SMILES string of the molecule is NC1=Cc2oc3ccccc3c2CCC1. The number of allylic oxidation sites excluding steroid dienone is 1. The van der Waals surface area contributed by atoms with Crippen molar-refractivity contribution in [1.29, 1.82) is 0 Å². The molecule has 2 N–H and O–H groups in total. The standard InChI is InChI=1S/C13H13NO/c14-9-4-3-6-11-10-5-1-2-7-12(10)15-13(11)8-9/h1-2,5,7-8H,3-4,6,14H2. The Labute approximate surface area is 88.4 Å². The molecule has 0 saturated heterocycles. The maximum Gasteiger partial charge on any atom is 0.135 e. The number of rotatable bonds is 0. The van der Waals surface area contributed by atoms with Gasteiger partial charge in [-0.15, -0.1) is 0 Å². The van der Waals surface area contributed by atoms with Crippen molar-refractivity contribution in [2.75, 3.05) is 0 Å². The van der Waals surface area contributed by atoms with Crippen LogP contribution in [0.2, 0.25) is 0 Å². The maximum atomic E-state index is 5.87. The Hall–Kier alpha value is -1.70. The van der Waals surface area contributed by atoms with E-state index in [4.69, 9.17) is 10.2 Å². The van der Waals surface area contributed by atoms with Crippen molar-refractivity contribution >= 4 is 17.0 Å². The minimum absolute atomic E-state index is 0.924. The van der Waals surface area contributed by atoms with Crippen LogP contribution in [0.5, 0.6) is 0 Å². The molecule has 1 aliphatic rings. The number of para-hydroxylation sites is 1. The van der Waals surface area contributed by atoms with Crippen molar-refractivity contribution in [2.24, 2.45) is 5.73 Å². The Balaban J connectivity index is 2.30. The van der Waals surface area contributed by atoms with Crippen LogP contribution in [0.3, 0.4) is 0 Å². The highest BCUT2D eigenvalue weighted by Crippen LogP contribution is 2.30. The van der Waals surface area contributed by atoms with Crippen molar-refractivity contribution in [3.63, 3.8) is 0 Å². The van der Waals surface area contributed by atoms with Gasteiger partial charge in [-0.3, -0.25) is 0 Å². The summed E-state index contributed by atoms with van der Waals surface area (Å²) in [7, 11) is 0. The van der Waals surface area contributed by atoms with E-state index >= 15 is 0 Å². The average molecular weight is 199 g/mol. The summed E-state index contributed by atoms with van der Waals surface area (Å²) < 4.78 is 5.78. The van der Waals surface area contributed by atoms with E-state index in [1.807, 2.05) is 18.2 Å². The molecule has 1 aliphatic carbocycles. The van der Waals surface area contributed by atoms with Gasteiger partial charge in [-0.05, 0) is 31.4 Å². The third kappa shape index (κ3) is 1.33. The fourth-order valence-corrected chi connectivity index (χ4v) is 2.20. The molecule has 2 heteroatoms. The summed E-state index contributed by atoms with van der Waals surface area (Å²) in [6.07, 6.45) is 5.11. The molecule has 0 fully saturated rings. The number of hydrogen-bond donors (Lipinski definition) is 1. The average Bonchev–Trinajstić information content (AvgIpc) is 2.46. The highest BCUT2D eigenvalue weighted by molar-refractivity contribution is 5.85. The number of benzene rings is 1. The second-order valence-electron chi connectivity index (χ2n) is 4.01. The van der Waals surface area contributed by atoms with E-state index < -0.39 is 0 Å². The molecule has 2 aromatic rings. The third-order valence-corrected chi connectivity index (χ3v) is 2.94. The lowest BCUT2D eigenvalue weighted by Gasteiger charge is -1.95. The van der Waals surface area contributed by atoms with Crippen LogP contribution >= 0.6 is 0 Å². The van der Waals surface area contributed by atoms with Crippen LogP contribution in [-0.2, 0) is 6.42 Å². The van der Waals surface area contributed by atoms with E-state index in [9.17, 15) is 0 Å². The van der Waals surface area contributed by atoms with E-state index in [0.717, 1.165) is 36.3 Å². The zero-order chi connectivity index (χ0) is 10.3. The van der Waals surface area contributed by atoms with Crippen LogP contribution in [-0.4, -0.2) is 0 Å². The molecule has 0 unspecified atom stereocenters. The first-order valence-electron chi connectivity index (χ1n) is 5.31. The van der Waals surface area contributed by atoms with E-state index in [-0.39, 0.29) is 0 Å². The summed E-state index contributed by atoms with van der Waals surface area (Å²) in [5.41, 5.74) is 9.07. The largest absolute Gasteiger partial charge is 0.456 e. The molecule has 1 aromatic carbocycles. The van der Waals surface area contributed by atoms with E-state index in [1.165, 1.54) is 10.9 Å². The van der Waals surface area contributed by atoms with Crippen LogP contribution in [0.4, 0.5) is 0 Å². The second kappa shape index (κ2) is 3.16. The van der Waals surface area contributed by atoms with Crippen molar-refractivity contribution in [1.82, 2.24) is 0 Å². The van der Waals surface area contributed by atoms with Crippen LogP contribution in [0.1, 0.15) is 24.2 Å². The second-order valence-corrected chi connectivity index (χ2v) is 4.01. The molecule has 0 atom stereocenters. The lowest BCUT2D eigenvalue weighted by Crippen LogP contribution is -1.94. The monoisotopic (exact) mass is 199 g/mol. The van der Waals surface area contributed by atoms with Gasteiger partial charge in [0.25, 0.3) is 0 Å². The summed E-state index contributed by atoms with van der Waals surface area (Å²) in [5, 5.41) is 1.23. The number of nitrogens with two attached hydrogens (primary N) is 1. The normalized spacial score (nSPS) is 15.9. The molecule has 1 heterocycles. The molecule has 1 aromatic heterocycles. The molecule has 0 bridgehead atoms. The van der Waals surface area contributed by atoms with Gasteiger partial charge in [-0.25, -0.2) is 0 Å². The molecule has 0 spiro atoms. The van der Waals surface area contributed by atoms with Gasteiger partial charge >= 0.3 is 0 Å². The van der Waals surface area contributed by atoms with Crippen molar-refractivity contribution in [3.05, 3.63) is 41.3 Å². The molecule has 76 valence electrons. The molecule has 0 saturated carbocycles. The predicted octanol–water partition coefficient (Wildman–Crippen LogP) is 3.07. The lowest BCUT2D eigenvalue weighted by molar-refractivity contribution is 0.598. The molecule has 0 amide bonds. The quantitative estimate of drug-likeness (QED) is 0.708. The summed E-state index contributed by atoms with van der Waals surface area (Å²) >= 11 is 0. The number of furan rings is 1. The van der Waals surface area contributed by atoms with Gasteiger partial charge in [0.1, 0.15) is 11.3 Å². The van der Waals surface area contributed by atoms with Gasteiger partial charge in [0.05, 0.1) is 0 Å². The number of hydrogen-bond acceptors (Lipinski definition) is 2. The van der Waals surface area contributed by atoms with Gasteiger partial charge in [0.15, 0.2) is 0 Å². The van der Waals surface area contributed by atoms with Gasteiger partial charge in [0.2, 0.25) is 0 Å². The van der Waals surface area contributed by atoms with Gasteiger partial charge in [0, 0.05) is 16.6 Å². The first kappa shape index (κ1) is 8.60. The number of fused-ring (bicyclic) bond motifs is 3. The lowest BCUT2D eigenvalue weighted by atomic mass is 10.1. The zero-order valence-corrected chi connectivity index (χ0v) is 8.49. The van der Waals surface area contributed by atoms with Gasteiger partial charge < -0.3 is 10.2 Å². The summed E-state index contributed by atoms with van der Waals surface area (Å²) in [6.45, 7) is 0. The van der Waals surface area contributed by atoms with Gasteiger partial charge in [-0.2, -0.15) is 0 Å². The van der Waals surface area contributed by atoms with E-state index in [2.05, 4.69) is 12.1 Å². The first-order chi connectivity index (χ1) is 7.34. The fraction of sp³-hybridized carbons (Fsp3) is 0.231. The zero-order valence-electron chi connectivity index (χ0n) is 8.49. The van der Waals surface area contributed by atoms with Gasteiger partial charge in [-0.1, -0.05) is 18.2 Å². The fourth-order valence-electron chi connectivity index (χ4n) is 2.20. The highest BCUT2D eigenvalue weighted by Gasteiger charge is 2.14. The van der Waals surface area contributed by atoms with Crippen LogP contribution in [0, 0.1) is 0 Å². The van der Waals surface area contributed by atoms with Crippen LogP contribution < -0.4 is 5.73 Å². The number of aryl methyl sites for hydroxylation is 1. The Morgan fingerprint density at radius 1 is 1.13 bits per heavy atom. The smallest absolute Gasteiger partial charge is 0.135 e. The molecule has 2 nitrogen and oxygen atoms in total. The predicted molar refractivity (Wildman–Crippen MR) is 61.3 cm³/mol. The van der Waals surface area contributed by atoms with Crippen LogP contribution in [0.25, 0.3) is 17.0 Å². The molecule has 15 heavy (non-hydrogen) atoms. The van der Waals surface area contributed by atoms with E-state index in [0.29, 0.717) is 0 Å². The highest BCUT2D eigenvalue weighted by atomic mass is 16.3. The third-order valence-electron chi connectivity index (χ3n) is 2.94. The summed E-state index contributed by atoms with van der Waals surface area (Å²) in [4.78, 5) is 0. The Bertz CT molecular complexity index is 536. The molecule has 0 radical (unpaired) electrons. The molecule has 3 rings (SSSR count). The molecular weight excluding hydrogens is 186 g/mol. The van der Waals surface area contributed by atoms with E-state index in [1.54, 1.807) is 0 Å². The first-order valence-corrected chi connectivity index (χ1v) is 5.31. The minimum atomic E-state index is 0.924. The summed E-state index contributed by atoms with van der Waals surface area (Å²) in [5.74, 6) is 0.950. The Kier molecular flexibility index (Phi) is 1.81. The van der Waals surface area contributed by atoms with Crippen molar-refractivity contribution in [2.45, 2.75) is 19.3 Å².